The van der Waals surface area contributed by atoms with Crippen molar-refractivity contribution in [2.24, 2.45) is 0 Å². The third-order valence-electron chi connectivity index (χ3n) is 9.42. The zero-order chi connectivity index (χ0) is 35.0. The molecule has 0 radical (unpaired) electrons. The fourth-order valence-electron chi connectivity index (χ4n) is 6.79. The molecule has 0 aromatic heterocycles. The minimum absolute atomic E-state index is 0.0303. The third-order valence-corrected chi connectivity index (χ3v) is 9.42. The number of fused-ring (bicyclic) bond motifs is 2. The van der Waals surface area contributed by atoms with Gasteiger partial charge in [-0.15, -0.1) is 13.2 Å². The van der Waals surface area contributed by atoms with E-state index in [4.69, 9.17) is 4.74 Å². The summed E-state index contributed by atoms with van der Waals surface area (Å²) in [5.74, 6) is -2.23. The summed E-state index contributed by atoms with van der Waals surface area (Å²) >= 11 is 0. The number of rotatable bonds is 6. The topological polar surface area (TPSA) is 141 Å². The number of carbonyl (C=O) groups excluding carboxylic acids is 3. The van der Waals surface area contributed by atoms with Gasteiger partial charge in [-0.2, -0.15) is 0 Å². The Hall–Kier alpha value is -3.82. The number of nitrogens with zero attached hydrogens (tertiary/aromatic N) is 2. The van der Waals surface area contributed by atoms with E-state index in [1.54, 1.807) is 4.90 Å². The standard InChI is InChI=1S/C34H44BF3N4O7/c36-34(37,38)49-26-16-14-23(15-17-26)19-39-28-12-6-4-2-1-3-5-7-13-30(35(46)47)40-31(43)29-18-27(22-42(29)32(28)44)48-33(45)41-20-24-10-8-9-11-25(24)21-41/h8-11,14-17,27-30,39,46-47H,1-7,12-13,18-22H2,(H,40,43)/t27-,28+,29+,30+/m1/s1. The van der Waals surface area contributed by atoms with Crippen molar-refractivity contribution in [1.29, 1.82) is 0 Å². The van der Waals surface area contributed by atoms with Crippen molar-refractivity contribution in [2.45, 2.75) is 114 Å². The molecule has 0 saturated carbocycles. The highest BCUT2D eigenvalue weighted by Gasteiger charge is 2.44. The van der Waals surface area contributed by atoms with Crippen molar-refractivity contribution in [1.82, 2.24) is 20.4 Å². The molecular formula is C34H44BF3N4O7. The maximum absolute atomic E-state index is 14.2. The number of halogens is 3. The fraction of sp³-hybridized carbons (Fsp3) is 0.559. The Balaban J connectivity index is 1.32. The van der Waals surface area contributed by atoms with Crippen LogP contribution in [0.2, 0.25) is 0 Å². The van der Waals surface area contributed by atoms with Gasteiger partial charge in [0, 0.05) is 26.1 Å². The molecule has 2 aromatic carbocycles. The first kappa shape index (κ1) is 36.5. The van der Waals surface area contributed by atoms with Crippen molar-refractivity contribution < 1.29 is 47.1 Å². The summed E-state index contributed by atoms with van der Waals surface area (Å²) in [5, 5.41) is 26.1. The monoisotopic (exact) mass is 688 g/mol. The van der Waals surface area contributed by atoms with Gasteiger partial charge in [0.2, 0.25) is 11.8 Å². The molecule has 11 nitrogen and oxygen atoms in total. The number of hydrogen-bond donors (Lipinski definition) is 4. The third kappa shape index (κ3) is 10.3. The fourth-order valence-corrected chi connectivity index (χ4v) is 6.79. The predicted molar refractivity (Wildman–Crippen MR) is 174 cm³/mol. The number of benzene rings is 2. The minimum Gasteiger partial charge on any atom is -0.444 e. The van der Waals surface area contributed by atoms with Gasteiger partial charge in [-0.05, 0) is 41.7 Å². The van der Waals surface area contributed by atoms with E-state index >= 15 is 0 Å². The van der Waals surface area contributed by atoms with Crippen LogP contribution in [0.15, 0.2) is 48.5 Å². The van der Waals surface area contributed by atoms with E-state index in [1.165, 1.54) is 29.2 Å². The van der Waals surface area contributed by atoms with Gasteiger partial charge in [-0.3, -0.25) is 14.5 Å². The van der Waals surface area contributed by atoms with E-state index in [-0.39, 0.29) is 31.2 Å². The van der Waals surface area contributed by atoms with Gasteiger partial charge in [0.25, 0.3) is 0 Å². The maximum atomic E-state index is 14.2. The van der Waals surface area contributed by atoms with E-state index in [0.29, 0.717) is 37.9 Å². The molecule has 4 N–H and O–H groups in total. The molecule has 3 aliphatic heterocycles. The molecule has 0 unspecified atom stereocenters. The summed E-state index contributed by atoms with van der Waals surface area (Å²) in [6, 6.07) is 11.3. The molecule has 2 saturated heterocycles. The number of hydrogen-bond acceptors (Lipinski definition) is 8. The molecule has 2 fully saturated rings. The second-order valence-electron chi connectivity index (χ2n) is 13.1. The van der Waals surface area contributed by atoms with Crippen LogP contribution in [0.3, 0.4) is 0 Å². The van der Waals surface area contributed by atoms with Crippen molar-refractivity contribution in [3.05, 3.63) is 65.2 Å². The maximum Gasteiger partial charge on any atom is 0.573 e. The summed E-state index contributed by atoms with van der Waals surface area (Å²) in [7, 11) is -1.79. The van der Waals surface area contributed by atoms with Crippen LogP contribution in [-0.4, -0.2) is 81.9 Å². The molecular weight excluding hydrogens is 644 g/mol. The summed E-state index contributed by atoms with van der Waals surface area (Å²) in [6.07, 6.45) is 0.809. The molecule has 5 rings (SSSR count). The lowest BCUT2D eigenvalue weighted by atomic mass is 9.76. The van der Waals surface area contributed by atoms with Crippen LogP contribution < -0.4 is 15.4 Å². The van der Waals surface area contributed by atoms with Crippen LogP contribution in [0.4, 0.5) is 18.0 Å². The number of amides is 3. The molecule has 4 atom stereocenters. The van der Waals surface area contributed by atoms with E-state index in [9.17, 15) is 37.6 Å². The Labute approximate surface area is 284 Å². The second kappa shape index (κ2) is 16.7. The summed E-state index contributed by atoms with van der Waals surface area (Å²) in [6.45, 7) is 0.914. The van der Waals surface area contributed by atoms with Gasteiger partial charge >= 0.3 is 19.6 Å². The van der Waals surface area contributed by atoms with Crippen molar-refractivity contribution >= 4 is 25.0 Å². The molecule has 15 heteroatoms. The highest BCUT2D eigenvalue weighted by Crippen LogP contribution is 2.28. The highest BCUT2D eigenvalue weighted by atomic mass is 19.4. The second-order valence-corrected chi connectivity index (χ2v) is 13.1. The average Bonchev–Trinajstić information content (AvgIpc) is 3.69. The van der Waals surface area contributed by atoms with E-state index in [1.807, 2.05) is 24.3 Å². The van der Waals surface area contributed by atoms with Crippen molar-refractivity contribution in [3.8, 4) is 5.75 Å². The van der Waals surface area contributed by atoms with Crippen LogP contribution in [0.1, 0.15) is 80.9 Å². The van der Waals surface area contributed by atoms with E-state index < -0.39 is 49.6 Å². The predicted octanol–water partition coefficient (Wildman–Crippen LogP) is 4.19. The molecule has 2 aromatic rings. The van der Waals surface area contributed by atoms with Crippen LogP contribution >= 0.6 is 0 Å². The lowest BCUT2D eigenvalue weighted by molar-refractivity contribution is -0.274. The zero-order valence-electron chi connectivity index (χ0n) is 27.4. The molecule has 3 aliphatic rings. The summed E-state index contributed by atoms with van der Waals surface area (Å²) < 4.78 is 47.7. The van der Waals surface area contributed by atoms with Gasteiger partial charge in [0.1, 0.15) is 17.9 Å². The van der Waals surface area contributed by atoms with Gasteiger partial charge in [0.15, 0.2) is 0 Å². The molecule has 0 spiro atoms. The van der Waals surface area contributed by atoms with Gasteiger partial charge in [-0.25, -0.2) is 4.79 Å². The Kier molecular flexibility index (Phi) is 12.4. The van der Waals surface area contributed by atoms with E-state index in [2.05, 4.69) is 15.4 Å². The Morgan fingerprint density at radius 1 is 0.918 bits per heavy atom. The molecule has 266 valence electrons. The molecule has 49 heavy (non-hydrogen) atoms. The SMILES string of the molecule is O=C1N[C@H](B(O)O)CCCCCCCCC[C@H](NCc2ccc(OC(F)(F)F)cc2)C(=O)N2C[C@H](OC(=O)N3Cc4ccccc4C3)C[C@@H]12. The number of alkyl halides is 3. The lowest BCUT2D eigenvalue weighted by Gasteiger charge is -2.30. The minimum atomic E-state index is -4.81. The Bertz CT molecular complexity index is 1410. The highest BCUT2D eigenvalue weighted by molar-refractivity contribution is 6.43. The first-order valence-corrected chi connectivity index (χ1v) is 17.0. The first-order valence-electron chi connectivity index (χ1n) is 17.0. The van der Waals surface area contributed by atoms with Crippen molar-refractivity contribution in [2.75, 3.05) is 6.54 Å². The number of nitrogens with one attached hydrogen (secondary N) is 2. The molecule has 0 aliphatic carbocycles. The zero-order valence-corrected chi connectivity index (χ0v) is 27.4. The first-order chi connectivity index (χ1) is 23.5. The van der Waals surface area contributed by atoms with Gasteiger partial charge in [0.05, 0.1) is 18.5 Å². The Morgan fingerprint density at radius 3 is 2.14 bits per heavy atom. The largest absolute Gasteiger partial charge is 0.573 e. The van der Waals surface area contributed by atoms with Crippen LogP contribution in [0.5, 0.6) is 5.75 Å². The van der Waals surface area contributed by atoms with Gasteiger partial charge < -0.3 is 35.1 Å². The van der Waals surface area contributed by atoms with Crippen LogP contribution in [0.25, 0.3) is 0 Å². The normalized spacial score (nSPS) is 24.2. The van der Waals surface area contributed by atoms with Crippen LogP contribution in [-0.2, 0) is 34.0 Å². The number of carbonyl (C=O) groups is 3. The summed E-state index contributed by atoms with van der Waals surface area (Å²) in [4.78, 5) is 44.1. The quantitative estimate of drug-likeness (QED) is 0.332. The Morgan fingerprint density at radius 2 is 1.53 bits per heavy atom. The molecule has 3 heterocycles. The van der Waals surface area contributed by atoms with Crippen LogP contribution in [0, 0.1) is 0 Å². The molecule has 0 bridgehead atoms. The average molecular weight is 689 g/mol. The smallest absolute Gasteiger partial charge is 0.444 e. The summed E-state index contributed by atoms with van der Waals surface area (Å²) in [5.41, 5.74) is 2.67. The van der Waals surface area contributed by atoms with Crippen molar-refractivity contribution in [3.63, 3.8) is 0 Å². The lowest BCUT2D eigenvalue weighted by Crippen LogP contribution is -2.56. The molecule has 3 amide bonds. The number of ether oxygens (including phenoxy) is 2. The van der Waals surface area contributed by atoms with E-state index in [0.717, 1.165) is 49.7 Å². The van der Waals surface area contributed by atoms with Gasteiger partial charge in [-0.1, -0.05) is 81.3 Å².